The van der Waals surface area contributed by atoms with Crippen LogP contribution >= 0.6 is 24.0 Å². The highest BCUT2D eigenvalue weighted by atomic mass is 35.5. The largest absolute Gasteiger partial charge is 0.503 e. The van der Waals surface area contributed by atoms with Crippen LogP contribution in [0.1, 0.15) is 46.7 Å². The monoisotopic (exact) mass is 513 g/mol. The van der Waals surface area contributed by atoms with Crippen LogP contribution in [0.3, 0.4) is 0 Å². The van der Waals surface area contributed by atoms with Crippen LogP contribution in [0.15, 0.2) is 29.2 Å². The van der Waals surface area contributed by atoms with Crippen molar-refractivity contribution in [2.24, 2.45) is 5.92 Å². The number of rotatable bonds is 6. The first-order valence-corrected chi connectivity index (χ1v) is 11.0. The number of nitrogens with zero attached hydrogens (tertiary/aromatic N) is 2. The molecular weight excluding hydrogens is 488 g/mol. The van der Waals surface area contributed by atoms with Crippen molar-refractivity contribution in [2.75, 3.05) is 20.3 Å². The predicted octanol–water partition coefficient (Wildman–Crippen LogP) is 2.92. The smallest absolute Gasteiger partial charge is 0.274 e. The molecule has 2 heterocycles. The fourth-order valence-electron chi connectivity index (χ4n) is 4.54. The van der Waals surface area contributed by atoms with Crippen molar-refractivity contribution < 1.29 is 23.8 Å². The number of carbonyl (C=O) groups excluding carboxylic acids is 2. The van der Waals surface area contributed by atoms with Crippen molar-refractivity contribution in [3.05, 3.63) is 62.3 Å². The number of hydrogen-bond donors (Lipinski definition) is 2. The van der Waals surface area contributed by atoms with Crippen LogP contribution in [0.4, 0.5) is 4.39 Å². The van der Waals surface area contributed by atoms with E-state index in [2.05, 4.69) is 5.32 Å². The Morgan fingerprint density at radius 1 is 1.38 bits per heavy atom. The molecule has 8 nitrogen and oxygen atoms in total. The van der Waals surface area contributed by atoms with Gasteiger partial charge in [0, 0.05) is 43.9 Å². The minimum Gasteiger partial charge on any atom is -0.503 e. The van der Waals surface area contributed by atoms with Gasteiger partial charge in [-0.05, 0) is 26.3 Å². The molecule has 184 valence electrons. The molecule has 1 spiro atoms. The molecule has 2 aromatic rings. The quantitative estimate of drug-likeness (QED) is 0.618. The Morgan fingerprint density at radius 3 is 2.74 bits per heavy atom. The zero-order valence-electron chi connectivity index (χ0n) is 18.9. The van der Waals surface area contributed by atoms with Crippen LogP contribution in [-0.2, 0) is 16.8 Å². The van der Waals surface area contributed by atoms with Crippen LogP contribution in [0, 0.1) is 11.7 Å². The van der Waals surface area contributed by atoms with E-state index in [0.717, 1.165) is 0 Å². The molecule has 1 saturated carbocycles. The minimum absolute atomic E-state index is 0. The maximum atomic E-state index is 14.2. The lowest BCUT2D eigenvalue weighted by Crippen LogP contribution is -2.52. The highest BCUT2D eigenvalue weighted by Crippen LogP contribution is 2.54. The Kier molecular flexibility index (Phi) is 7.31. The molecule has 2 N–H and O–H groups in total. The fraction of sp³-hybridized carbons (Fsp3) is 0.435. The second-order valence-electron chi connectivity index (χ2n) is 8.82. The summed E-state index contributed by atoms with van der Waals surface area (Å²) in [5.74, 6) is -2.64. The molecule has 0 unspecified atom stereocenters. The van der Waals surface area contributed by atoms with Gasteiger partial charge in [0.15, 0.2) is 11.4 Å². The summed E-state index contributed by atoms with van der Waals surface area (Å²) in [4.78, 5) is 40.4. The van der Waals surface area contributed by atoms with Gasteiger partial charge in [0.05, 0.1) is 17.2 Å². The number of methoxy groups -OCH3 is 1. The Balaban J connectivity index is 0.00000324. The summed E-state index contributed by atoms with van der Waals surface area (Å²) in [5.41, 5.74) is -1.84. The van der Waals surface area contributed by atoms with Crippen molar-refractivity contribution in [3.8, 4) is 5.75 Å². The van der Waals surface area contributed by atoms with E-state index < -0.39 is 34.3 Å². The van der Waals surface area contributed by atoms with Gasteiger partial charge >= 0.3 is 0 Å². The fourth-order valence-corrected chi connectivity index (χ4v) is 4.74. The number of halogens is 3. The maximum Gasteiger partial charge on any atom is 0.274 e. The van der Waals surface area contributed by atoms with Crippen molar-refractivity contribution in [2.45, 2.75) is 38.4 Å². The van der Waals surface area contributed by atoms with Crippen molar-refractivity contribution in [1.82, 2.24) is 14.8 Å². The van der Waals surface area contributed by atoms with Crippen molar-refractivity contribution in [3.63, 3.8) is 0 Å². The number of pyridine rings is 1. The number of aromatic hydroxyl groups is 1. The Labute approximate surface area is 207 Å². The normalized spacial score (nSPS) is 20.8. The molecule has 0 radical (unpaired) electrons. The number of benzene rings is 1. The zero-order valence-corrected chi connectivity index (χ0v) is 20.5. The van der Waals surface area contributed by atoms with Crippen molar-refractivity contribution >= 4 is 35.8 Å². The summed E-state index contributed by atoms with van der Waals surface area (Å²) < 4.78 is 21.0. The van der Waals surface area contributed by atoms with Gasteiger partial charge in [0.2, 0.25) is 5.43 Å². The molecule has 2 amide bonds. The van der Waals surface area contributed by atoms with Gasteiger partial charge in [-0.25, -0.2) is 4.39 Å². The molecule has 0 saturated heterocycles. The first-order chi connectivity index (χ1) is 15.6. The lowest BCUT2D eigenvalue weighted by atomic mass is 10.0. The zero-order chi connectivity index (χ0) is 24.1. The van der Waals surface area contributed by atoms with Gasteiger partial charge in [-0.2, -0.15) is 0 Å². The lowest BCUT2D eigenvalue weighted by Gasteiger charge is -2.39. The van der Waals surface area contributed by atoms with Crippen LogP contribution in [0.2, 0.25) is 5.02 Å². The highest BCUT2D eigenvalue weighted by molar-refractivity contribution is 6.30. The van der Waals surface area contributed by atoms with Gasteiger partial charge in [0.1, 0.15) is 11.4 Å². The van der Waals surface area contributed by atoms with E-state index in [1.165, 1.54) is 18.3 Å². The summed E-state index contributed by atoms with van der Waals surface area (Å²) in [7, 11) is 1.58. The molecule has 2 aliphatic rings. The number of nitrogens with one attached hydrogen (secondary N) is 1. The third-order valence-electron chi connectivity index (χ3n) is 6.48. The van der Waals surface area contributed by atoms with Crippen molar-refractivity contribution in [1.29, 1.82) is 0 Å². The molecular formula is C23H26Cl2FN3O5. The average molecular weight is 514 g/mol. The minimum atomic E-state index is -0.955. The second kappa shape index (κ2) is 9.56. The van der Waals surface area contributed by atoms with E-state index in [0.29, 0.717) is 19.6 Å². The molecule has 1 aliphatic carbocycles. The molecule has 34 heavy (non-hydrogen) atoms. The van der Waals surface area contributed by atoms with Gasteiger partial charge < -0.3 is 24.6 Å². The van der Waals surface area contributed by atoms with Crippen LogP contribution in [-0.4, -0.2) is 52.7 Å². The number of fused-ring (bicyclic) bond motifs is 2. The number of hydrogen-bond acceptors (Lipinski definition) is 5. The SMILES string of the molecule is COC[C@@H]1C[C@]12CN(C(C)C)C(=O)c1c(O)c(=O)c(C(=O)NCc3cccc(Cl)c3F)cn12.Cl. The Hall–Kier alpha value is -2.62. The molecule has 2 atom stereocenters. The third-order valence-corrected chi connectivity index (χ3v) is 6.77. The van der Waals surface area contributed by atoms with Crippen LogP contribution < -0.4 is 10.7 Å². The predicted molar refractivity (Wildman–Crippen MR) is 126 cm³/mol. The lowest BCUT2D eigenvalue weighted by molar-refractivity contribution is 0.0543. The maximum absolute atomic E-state index is 14.2. The summed E-state index contributed by atoms with van der Waals surface area (Å²) in [6, 6.07) is 4.26. The molecule has 1 aromatic carbocycles. The van der Waals surface area contributed by atoms with Gasteiger partial charge in [-0.1, -0.05) is 23.7 Å². The number of amides is 2. The summed E-state index contributed by atoms with van der Waals surface area (Å²) >= 11 is 5.78. The number of aromatic nitrogens is 1. The molecule has 1 fully saturated rings. The third kappa shape index (κ3) is 4.16. The number of ether oxygens (including phenoxy) is 1. The standard InChI is InChI=1S/C23H25ClFN3O5.ClH/c1-12(2)27-11-23(7-14(23)10-33-3)28-9-15(19(29)20(30)18(28)22(27)32)21(31)26-8-13-5-4-6-16(24)17(13)25;/h4-6,9,12,14,30H,7-8,10-11H2,1-3H3,(H,26,31);1H/t14-,23-;/m0./s1. The van der Waals surface area contributed by atoms with Gasteiger partial charge in [-0.3, -0.25) is 14.4 Å². The van der Waals surface area contributed by atoms with E-state index in [4.69, 9.17) is 16.3 Å². The summed E-state index contributed by atoms with van der Waals surface area (Å²) in [6.07, 6.45) is 1.99. The molecule has 11 heteroatoms. The van der Waals surface area contributed by atoms with Gasteiger partial charge in [-0.15, -0.1) is 12.4 Å². The molecule has 1 aliphatic heterocycles. The first kappa shape index (κ1) is 26.0. The molecule has 0 bridgehead atoms. The van der Waals surface area contributed by atoms with E-state index in [1.54, 1.807) is 22.6 Å². The van der Waals surface area contributed by atoms with E-state index in [1.807, 2.05) is 13.8 Å². The van der Waals surface area contributed by atoms with Crippen LogP contribution in [0.25, 0.3) is 0 Å². The van der Waals surface area contributed by atoms with E-state index in [-0.39, 0.29) is 52.8 Å². The molecule has 1 aromatic heterocycles. The number of carbonyl (C=O) groups is 2. The molecule has 4 rings (SSSR count). The van der Waals surface area contributed by atoms with E-state index in [9.17, 15) is 23.9 Å². The highest BCUT2D eigenvalue weighted by Gasteiger charge is 2.60. The topological polar surface area (TPSA) is 101 Å². The second-order valence-corrected chi connectivity index (χ2v) is 9.23. The van der Waals surface area contributed by atoms with E-state index >= 15 is 0 Å². The average Bonchev–Trinajstić information content (AvgIpc) is 3.46. The Morgan fingerprint density at radius 2 is 2.09 bits per heavy atom. The Bertz CT molecular complexity index is 1200. The summed E-state index contributed by atoms with van der Waals surface area (Å²) in [6.45, 7) is 4.33. The van der Waals surface area contributed by atoms with Gasteiger partial charge in [0.25, 0.3) is 11.8 Å². The van der Waals surface area contributed by atoms with Crippen LogP contribution in [0.5, 0.6) is 5.75 Å². The first-order valence-electron chi connectivity index (χ1n) is 10.6. The summed E-state index contributed by atoms with van der Waals surface area (Å²) in [5, 5.41) is 13.1.